The first kappa shape index (κ1) is 29.2. The second-order valence-corrected chi connectivity index (χ2v) is 12.3. The molecule has 3 aromatic carbocycles. The van der Waals surface area contributed by atoms with E-state index < -0.39 is 5.97 Å². The molecule has 5 nitrogen and oxygen atoms in total. The molecule has 0 saturated carbocycles. The number of para-hydroxylation sites is 1. The zero-order valence-corrected chi connectivity index (χ0v) is 25.8. The molecule has 5 rings (SSSR count). The first-order valence-corrected chi connectivity index (χ1v) is 15.2. The third-order valence-electron chi connectivity index (χ3n) is 7.44. The third kappa shape index (κ3) is 6.00. The molecule has 2 aromatic heterocycles. The van der Waals surface area contributed by atoms with Gasteiger partial charge in [-0.1, -0.05) is 68.4 Å². The zero-order chi connectivity index (χ0) is 30.0. The van der Waals surface area contributed by atoms with Gasteiger partial charge in [-0.25, -0.2) is 9.78 Å². The van der Waals surface area contributed by atoms with Gasteiger partial charge in [0.05, 0.1) is 23.4 Å². The normalized spacial score (nSPS) is 11.2. The number of ether oxygens (including phenoxy) is 1. The van der Waals surface area contributed by atoms with Gasteiger partial charge in [0.25, 0.3) is 5.91 Å². The summed E-state index contributed by atoms with van der Waals surface area (Å²) in [6.07, 6.45) is 0.985. The first-order chi connectivity index (χ1) is 20.2. The fraction of sp³-hybridized carbons (Fsp3) is 0.250. The fourth-order valence-corrected chi connectivity index (χ4v) is 6.30. The molecule has 0 aliphatic heterocycles. The Kier molecular flexibility index (Phi) is 8.55. The van der Waals surface area contributed by atoms with E-state index in [1.807, 2.05) is 55.5 Å². The Bertz CT molecular complexity index is 1780. The van der Waals surface area contributed by atoms with Crippen molar-refractivity contribution in [3.8, 4) is 22.4 Å². The molecular formula is C36H36N2O3S. The predicted octanol–water partition coefficient (Wildman–Crippen LogP) is 9.18. The smallest absolute Gasteiger partial charge is 0.341 e. The average molecular weight is 577 g/mol. The molecule has 0 aliphatic rings. The van der Waals surface area contributed by atoms with Crippen molar-refractivity contribution in [3.63, 3.8) is 0 Å². The Morgan fingerprint density at radius 1 is 0.905 bits per heavy atom. The van der Waals surface area contributed by atoms with Crippen LogP contribution in [0, 0.1) is 26.7 Å². The molecule has 0 bridgehead atoms. The van der Waals surface area contributed by atoms with E-state index in [1.165, 1.54) is 22.5 Å². The van der Waals surface area contributed by atoms with Gasteiger partial charge in [-0.2, -0.15) is 0 Å². The number of thiophene rings is 1. The average Bonchev–Trinajstić information content (AvgIpc) is 3.29. The number of hydrogen-bond donors (Lipinski definition) is 1. The zero-order valence-electron chi connectivity index (χ0n) is 25.0. The number of benzene rings is 3. The minimum absolute atomic E-state index is 0.238. The predicted molar refractivity (Wildman–Crippen MR) is 174 cm³/mol. The fourth-order valence-electron chi connectivity index (χ4n) is 5.24. The number of aromatic nitrogens is 1. The Morgan fingerprint density at radius 2 is 1.62 bits per heavy atom. The van der Waals surface area contributed by atoms with E-state index >= 15 is 0 Å². The van der Waals surface area contributed by atoms with Gasteiger partial charge in [0.2, 0.25) is 0 Å². The van der Waals surface area contributed by atoms with Crippen molar-refractivity contribution in [2.45, 2.75) is 48.0 Å². The maximum Gasteiger partial charge on any atom is 0.341 e. The van der Waals surface area contributed by atoms with Gasteiger partial charge in [0.15, 0.2) is 0 Å². The molecular weight excluding hydrogens is 540 g/mol. The van der Waals surface area contributed by atoms with Crippen LogP contribution in [0.4, 0.5) is 5.00 Å². The molecule has 0 saturated heterocycles. The lowest BCUT2D eigenvalue weighted by atomic mass is 9.97. The Hall–Kier alpha value is -4.29. The quantitative estimate of drug-likeness (QED) is 0.187. The molecule has 0 atom stereocenters. The number of nitrogens with zero attached hydrogens (tertiary/aromatic N) is 1. The molecule has 5 aromatic rings. The maximum atomic E-state index is 14.0. The largest absolute Gasteiger partial charge is 0.462 e. The van der Waals surface area contributed by atoms with E-state index in [4.69, 9.17) is 9.72 Å². The van der Waals surface area contributed by atoms with Crippen LogP contribution in [-0.2, 0) is 11.2 Å². The molecule has 1 N–H and O–H groups in total. The molecule has 0 unspecified atom stereocenters. The van der Waals surface area contributed by atoms with E-state index in [-0.39, 0.29) is 12.5 Å². The van der Waals surface area contributed by atoms with Crippen LogP contribution in [0.2, 0.25) is 0 Å². The highest BCUT2D eigenvalue weighted by Gasteiger charge is 2.26. The lowest BCUT2D eigenvalue weighted by Gasteiger charge is -2.12. The number of esters is 1. The number of fused-ring (bicyclic) bond motifs is 1. The van der Waals surface area contributed by atoms with Gasteiger partial charge in [0.1, 0.15) is 10.6 Å². The number of pyridine rings is 1. The minimum atomic E-state index is -0.450. The number of carbonyl (C=O) groups is 2. The molecule has 0 fully saturated rings. The molecule has 0 aliphatic carbocycles. The Morgan fingerprint density at radius 3 is 2.31 bits per heavy atom. The van der Waals surface area contributed by atoms with Crippen LogP contribution in [0.5, 0.6) is 0 Å². The SMILES string of the molecule is CCOC(=O)c1c(NC(=O)c2cc(-c3ccc(C)c(C)c3)nc3ccccc23)sc(C)c1-c1ccc(CC(C)C)cc1. The first-order valence-electron chi connectivity index (χ1n) is 14.3. The summed E-state index contributed by atoms with van der Waals surface area (Å²) < 4.78 is 5.48. The van der Waals surface area contributed by atoms with E-state index in [1.54, 1.807) is 6.92 Å². The summed E-state index contributed by atoms with van der Waals surface area (Å²) in [5.74, 6) is -0.200. The molecule has 2 heterocycles. The minimum Gasteiger partial charge on any atom is -0.462 e. The van der Waals surface area contributed by atoms with Crippen LogP contribution in [0.15, 0.2) is 72.8 Å². The number of rotatable bonds is 8. The standard InChI is InChI=1S/C36H36N2O3S/c1-7-41-36(40)33-32(26-16-13-25(14-17-26)18-21(2)3)24(6)42-35(33)38-34(39)29-20-31(27-15-12-22(4)23(5)19-27)37-30-11-9-8-10-28(29)30/h8-17,19-21H,7,18H2,1-6H3,(H,38,39). The third-order valence-corrected chi connectivity index (χ3v) is 8.46. The number of anilines is 1. The van der Waals surface area contributed by atoms with Gasteiger partial charge >= 0.3 is 5.97 Å². The van der Waals surface area contributed by atoms with Crippen LogP contribution >= 0.6 is 11.3 Å². The summed E-state index contributed by atoms with van der Waals surface area (Å²) in [5, 5.41) is 4.30. The lowest BCUT2D eigenvalue weighted by molar-refractivity contribution is 0.0529. The number of carbonyl (C=O) groups excluding carboxylic acids is 2. The van der Waals surface area contributed by atoms with Crippen molar-refractivity contribution < 1.29 is 14.3 Å². The van der Waals surface area contributed by atoms with E-state index in [0.29, 0.717) is 22.0 Å². The highest BCUT2D eigenvalue weighted by atomic mass is 32.1. The second kappa shape index (κ2) is 12.3. The van der Waals surface area contributed by atoms with Crippen molar-refractivity contribution in [1.29, 1.82) is 0 Å². The van der Waals surface area contributed by atoms with Gasteiger partial charge in [0, 0.05) is 21.4 Å². The van der Waals surface area contributed by atoms with Crippen LogP contribution in [0.3, 0.4) is 0 Å². The summed E-state index contributed by atoms with van der Waals surface area (Å²) in [5.41, 5.74) is 8.59. The van der Waals surface area contributed by atoms with Crippen LogP contribution < -0.4 is 5.32 Å². The highest BCUT2D eigenvalue weighted by molar-refractivity contribution is 7.17. The number of aryl methyl sites for hydroxylation is 3. The van der Waals surface area contributed by atoms with Gasteiger partial charge in [-0.15, -0.1) is 11.3 Å². The molecule has 6 heteroatoms. The topological polar surface area (TPSA) is 68.3 Å². The number of hydrogen-bond acceptors (Lipinski definition) is 5. The lowest BCUT2D eigenvalue weighted by Crippen LogP contribution is -2.15. The van der Waals surface area contributed by atoms with E-state index in [2.05, 4.69) is 57.3 Å². The van der Waals surface area contributed by atoms with Crippen LogP contribution in [0.25, 0.3) is 33.3 Å². The van der Waals surface area contributed by atoms with E-state index in [9.17, 15) is 9.59 Å². The monoisotopic (exact) mass is 576 g/mol. The number of nitrogens with one attached hydrogen (secondary N) is 1. The molecule has 0 radical (unpaired) electrons. The summed E-state index contributed by atoms with van der Waals surface area (Å²) >= 11 is 1.39. The van der Waals surface area contributed by atoms with Gasteiger partial charge in [-0.3, -0.25) is 4.79 Å². The molecule has 1 amide bonds. The second-order valence-electron chi connectivity index (χ2n) is 11.1. The summed E-state index contributed by atoms with van der Waals surface area (Å²) in [7, 11) is 0. The van der Waals surface area contributed by atoms with Crippen molar-refractivity contribution >= 4 is 39.1 Å². The summed E-state index contributed by atoms with van der Waals surface area (Å²) in [4.78, 5) is 33.1. The van der Waals surface area contributed by atoms with Crippen molar-refractivity contribution in [2.24, 2.45) is 5.92 Å². The molecule has 214 valence electrons. The van der Waals surface area contributed by atoms with Gasteiger partial charge < -0.3 is 10.1 Å². The Balaban J connectivity index is 1.58. The van der Waals surface area contributed by atoms with Crippen LogP contribution in [-0.4, -0.2) is 23.5 Å². The highest BCUT2D eigenvalue weighted by Crippen LogP contribution is 2.41. The Labute approximate surface area is 251 Å². The molecule has 42 heavy (non-hydrogen) atoms. The van der Waals surface area contributed by atoms with Crippen molar-refractivity contribution in [3.05, 3.63) is 105 Å². The number of amides is 1. The van der Waals surface area contributed by atoms with E-state index in [0.717, 1.165) is 50.1 Å². The van der Waals surface area contributed by atoms with Crippen molar-refractivity contribution in [2.75, 3.05) is 11.9 Å². The summed E-state index contributed by atoms with van der Waals surface area (Å²) in [6.45, 7) is 12.5. The van der Waals surface area contributed by atoms with Gasteiger partial charge in [-0.05, 0) is 80.5 Å². The van der Waals surface area contributed by atoms with Crippen molar-refractivity contribution in [1.82, 2.24) is 4.98 Å². The van der Waals surface area contributed by atoms with Crippen LogP contribution in [0.1, 0.15) is 63.1 Å². The molecule has 0 spiro atoms. The maximum absolute atomic E-state index is 14.0. The summed E-state index contributed by atoms with van der Waals surface area (Å²) in [6, 6.07) is 24.0.